The molecule has 1 aromatic carbocycles. The van der Waals surface area contributed by atoms with Gasteiger partial charge in [0.15, 0.2) is 0 Å². The number of carbonyl (C=O) groups excluding carboxylic acids is 1. The number of nitrogens with zero attached hydrogens (tertiary/aromatic N) is 1. The zero-order valence-electron chi connectivity index (χ0n) is 14.0. The summed E-state index contributed by atoms with van der Waals surface area (Å²) in [6, 6.07) is 5.76. The van der Waals surface area contributed by atoms with Crippen LogP contribution in [-0.4, -0.2) is 35.7 Å². The number of carbonyl (C=O) groups is 1. The zero-order chi connectivity index (χ0) is 16.2. The van der Waals surface area contributed by atoms with Gasteiger partial charge < -0.3 is 15.3 Å². The number of urea groups is 1. The van der Waals surface area contributed by atoms with Crippen LogP contribution in [-0.2, 0) is 0 Å². The van der Waals surface area contributed by atoms with Crippen molar-refractivity contribution >= 4 is 11.7 Å². The van der Waals surface area contributed by atoms with Crippen molar-refractivity contribution in [1.82, 2.24) is 4.90 Å². The molecule has 0 aliphatic rings. The average molecular weight is 292 g/mol. The zero-order valence-corrected chi connectivity index (χ0v) is 14.0. The fourth-order valence-electron chi connectivity index (χ4n) is 2.21. The number of hydrogen-bond acceptors (Lipinski definition) is 2. The van der Waals surface area contributed by atoms with E-state index in [1.165, 1.54) is 4.90 Å². The van der Waals surface area contributed by atoms with Gasteiger partial charge in [-0.3, -0.25) is 0 Å². The lowest BCUT2D eigenvalue weighted by Crippen LogP contribution is -2.40. The van der Waals surface area contributed by atoms with Gasteiger partial charge in [-0.2, -0.15) is 0 Å². The molecular weight excluding hydrogens is 264 g/mol. The number of aliphatic hydroxyl groups is 1. The summed E-state index contributed by atoms with van der Waals surface area (Å²) in [6.45, 7) is 10.2. The van der Waals surface area contributed by atoms with Crippen LogP contribution in [0.1, 0.15) is 57.6 Å². The van der Waals surface area contributed by atoms with Gasteiger partial charge in [0, 0.05) is 12.7 Å². The van der Waals surface area contributed by atoms with Gasteiger partial charge in [-0.25, -0.2) is 4.79 Å². The second-order valence-corrected chi connectivity index (χ2v) is 6.19. The third-order valence-corrected chi connectivity index (χ3v) is 3.85. The molecule has 0 aliphatic heterocycles. The fraction of sp³-hybridized carbons (Fsp3) is 0.588. The van der Waals surface area contributed by atoms with Crippen molar-refractivity contribution in [3.8, 4) is 0 Å². The van der Waals surface area contributed by atoms with Gasteiger partial charge in [0.25, 0.3) is 0 Å². The first-order valence-electron chi connectivity index (χ1n) is 7.57. The van der Waals surface area contributed by atoms with E-state index in [1.807, 2.05) is 13.0 Å². The second kappa shape index (κ2) is 7.46. The second-order valence-electron chi connectivity index (χ2n) is 6.19. The SMILES string of the molecule is CC(C)c1cccc(C(C)C)c1NC(=O)N(C)C(C)CO. The number of aliphatic hydroxyl groups excluding tert-OH is 1. The van der Waals surface area contributed by atoms with Crippen LogP contribution in [0.3, 0.4) is 0 Å². The highest BCUT2D eigenvalue weighted by Gasteiger charge is 2.19. The van der Waals surface area contributed by atoms with Crippen molar-refractivity contribution in [3.63, 3.8) is 0 Å². The standard InChI is InChI=1S/C17H28N2O2/c1-11(2)14-8-7-9-15(12(3)4)16(14)18-17(21)19(6)13(5)10-20/h7-9,11-13,20H,10H2,1-6H3,(H,18,21). The summed E-state index contributed by atoms with van der Waals surface area (Å²) in [6.07, 6.45) is 0. The van der Waals surface area contributed by atoms with E-state index < -0.39 is 0 Å². The molecule has 0 aliphatic carbocycles. The van der Waals surface area contributed by atoms with Gasteiger partial charge >= 0.3 is 6.03 Å². The van der Waals surface area contributed by atoms with Crippen LogP contribution in [0.2, 0.25) is 0 Å². The number of anilines is 1. The summed E-state index contributed by atoms with van der Waals surface area (Å²) in [5, 5.41) is 12.2. The number of rotatable bonds is 5. The number of nitrogens with one attached hydrogen (secondary N) is 1. The van der Waals surface area contributed by atoms with Gasteiger partial charge in [-0.15, -0.1) is 0 Å². The van der Waals surface area contributed by atoms with E-state index in [2.05, 4.69) is 45.1 Å². The molecule has 0 heterocycles. The smallest absolute Gasteiger partial charge is 0.321 e. The van der Waals surface area contributed by atoms with Gasteiger partial charge in [-0.05, 0) is 29.9 Å². The third kappa shape index (κ3) is 4.21. The maximum Gasteiger partial charge on any atom is 0.321 e. The predicted molar refractivity (Wildman–Crippen MR) is 87.9 cm³/mol. The first kappa shape index (κ1) is 17.5. The van der Waals surface area contributed by atoms with Gasteiger partial charge in [-0.1, -0.05) is 45.9 Å². The Morgan fingerprint density at radius 3 is 2.00 bits per heavy atom. The highest BCUT2D eigenvalue weighted by atomic mass is 16.3. The maximum absolute atomic E-state index is 12.4. The summed E-state index contributed by atoms with van der Waals surface area (Å²) >= 11 is 0. The molecule has 0 aromatic heterocycles. The Hall–Kier alpha value is -1.55. The van der Waals surface area contributed by atoms with Crippen LogP contribution in [0.15, 0.2) is 18.2 Å². The molecule has 1 aromatic rings. The number of amides is 2. The minimum absolute atomic E-state index is 0.0488. The highest BCUT2D eigenvalue weighted by molar-refractivity contribution is 5.91. The van der Waals surface area contributed by atoms with Crippen LogP contribution >= 0.6 is 0 Å². The number of hydrogen-bond donors (Lipinski definition) is 2. The molecule has 21 heavy (non-hydrogen) atoms. The van der Waals surface area contributed by atoms with Gasteiger partial charge in [0.2, 0.25) is 0 Å². The summed E-state index contributed by atoms with van der Waals surface area (Å²) in [7, 11) is 1.70. The Labute approximate surface area is 128 Å². The molecule has 4 nitrogen and oxygen atoms in total. The third-order valence-electron chi connectivity index (χ3n) is 3.85. The molecule has 2 N–H and O–H groups in total. The van der Waals surface area contributed by atoms with E-state index >= 15 is 0 Å². The van der Waals surface area contributed by atoms with E-state index in [0.29, 0.717) is 11.8 Å². The maximum atomic E-state index is 12.4. The van der Waals surface area contributed by atoms with E-state index in [4.69, 9.17) is 0 Å². The predicted octanol–water partition coefficient (Wildman–Crippen LogP) is 3.78. The lowest BCUT2D eigenvalue weighted by molar-refractivity contribution is 0.166. The van der Waals surface area contributed by atoms with Crippen molar-refractivity contribution in [1.29, 1.82) is 0 Å². The molecule has 1 unspecified atom stereocenters. The minimum atomic E-state index is -0.210. The quantitative estimate of drug-likeness (QED) is 0.867. The van der Waals surface area contributed by atoms with Crippen molar-refractivity contribution in [2.45, 2.75) is 52.5 Å². The van der Waals surface area contributed by atoms with E-state index in [9.17, 15) is 9.90 Å². The topological polar surface area (TPSA) is 52.6 Å². The number of likely N-dealkylation sites (N-methyl/N-ethyl adjacent to an activating group) is 1. The first-order chi connectivity index (χ1) is 9.79. The van der Waals surface area contributed by atoms with Crippen molar-refractivity contribution in [2.24, 2.45) is 0 Å². The highest BCUT2D eigenvalue weighted by Crippen LogP contribution is 2.32. The van der Waals surface area contributed by atoms with Crippen molar-refractivity contribution in [2.75, 3.05) is 19.0 Å². The Balaban J connectivity index is 3.13. The van der Waals surface area contributed by atoms with Crippen molar-refractivity contribution < 1.29 is 9.90 Å². The molecular formula is C17H28N2O2. The van der Waals surface area contributed by atoms with Crippen molar-refractivity contribution in [3.05, 3.63) is 29.3 Å². The van der Waals surface area contributed by atoms with Gasteiger partial charge in [0.1, 0.15) is 0 Å². The molecule has 118 valence electrons. The Morgan fingerprint density at radius 1 is 1.14 bits per heavy atom. The molecule has 0 saturated heterocycles. The molecule has 0 spiro atoms. The Bertz CT molecular complexity index is 457. The minimum Gasteiger partial charge on any atom is -0.394 e. The monoisotopic (exact) mass is 292 g/mol. The number of benzene rings is 1. The average Bonchev–Trinajstić information content (AvgIpc) is 2.45. The summed E-state index contributed by atoms with van der Waals surface area (Å²) < 4.78 is 0. The summed E-state index contributed by atoms with van der Waals surface area (Å²) in [5.41, 5.74) is 3.18. The molecule has 0 radical (unpaired) electrons. The first-order valence-corrected chi connectivity index (χ1v) is 7.57. The molecule has 2 amide bonds. The molecule has 1 rings (SSSR count). The van der Waals surface area contributed by atoms with E-state index in [0.717, 1.165) is 16.8 Å². The van der Waals surface area contributed by atoms with Crippen LogP contribution < -0.4 is 5.32 Å². The van der Waals surface area contributed by atoms with Gasteiger partial charge in [0.05, 0.1) is 12.6 Å². The van der Waals surface area contributed by atoms with E-state index in [-0.39, 0.29) is 18.7 Å². The Morgan fingerprint density at radius 2 is 1.62 bits per heavy atom. The van der Waals surface area contributed by atoms with Crippen LogP contribution in [0.25, 0.3) is 0 Å². The van der Waals surface area contributed by atoms with Crippen LogP contribution in [0.4, 0.5) is 10.5 Å². The van der Waals surface area contributed by atoms with Crippen LogP contribution in [0.5, 0.6) is 0 Å². The number of para-hydroxylation sites is 1. The largest absolute Gasteiger partial charge is 0.394 e. The molecule has 1 atom stereocenters. The van der Waals surface area contributed by atoms with E-state index in [1.54, 1.807) is 7.05 Å². The van der Waals surface area contributed by atoms with Crippen LogP contribution in [0, 0.1) is 0 Å². The molecule has 4 heteroatoms. The lowest BCUT2D eigenvalue weighted by Gasteiger charge is -2.26. The lowest BCUT2D eigenvalue weighted by atomic mass is 9.93. The molecule has 0 fully saturated rings. The summed E-state index contributed by atoms with van der Waals surface area (Å²) in [5.74, 6) is 0.666. The fourth-order valence-corrected chi connectivity index (χ4v) is 2.21. The normalized spacial score (nSPS) is 12.6. The summed E-state index contributed by atoms with van der Waals surface area (Å²) in [4.78, 5) is 13.9. The molecule has 0 bridgehead atoms. The molecule has 0 saturated carbocycles. The Kier molecular flexibility index (Phi) is 6.21.